The van der Waals surface area contributed by atoms with E-state index in [-0.39, 0.29) is 24.8 Å². The Kier molecular flexibility index (Phi) is 10.3. The third kappa shape index (κ3) is 7.80. The molecule has 5 aliphatic rings. The van der Waals surface area contributed by atoms with Crippen LogP contribution in [-0.2, 0) is 16.1 Å². The van der Waals surface area contributed by atoms with Crippen LogP contribution in [0.5, 0.6) is 0 Å². The monoisotopic (exact) mass is 832 g/mol. The van der Waals surface area contributed by atoms with Gasteiger partial charge in [-0.3, -0.25) is 55.1 Å². The van der Waals surface area contributed by atoms with Crippen LogP contribution < -0.4 is 31.2 Å². The van der Waals surface area contributed by atoms with Gasteiger partial charge in [0.15, 0.2) is 5.84 Å². The molecular weight excluding hydrogens is 788 g/mol. The molecule has 15 nitrogen and oxygen atoms in total. The van der Waals surface area contributed by atoms with Gasteiger partial charge in [-0.2, -0.15) is 0 Å². The zero-order valence-corrected chi connectivity index (χ0v) is 34.1. The van der Waals surface area contributed by atoms with Gasteiger partial charge in [0, 0.05) is 105 Å². The number of imide groups is 1. The van der Waals surface area contributed by atoms with Gasteiger partial charge in [-0.05, 0) is 47.0 Å². The Bertz CT molecular complexity index is 2660. The lowest BCUT2D eigenvalue weighted by atomic mass is 9.98. The average molecular weight is 833 g/mol. The van der Waals surface area contributed by atoms with Crippen molar-refractivity contribution >= 4 is 57.2 Å². The summed E-state index contributed by atoms with van der Waals surface area (Å²) >= 11 is 0. The highest BCUT2D eigenvalue weighted by molar-refractivity contribution is 6.47. The predicted molar refractivity (Wildman–Crippen MR) is 237 cm³/mol. The molecule has 62 heavy (non-hydrogen) atoms. The lowest BCUT2D eigenvalue weighted by Crippen LogP contribution is -2.57. The summed E-state index contributed by atoms with van der Waals surface area (Å²) in [4.78, 5) is 62.0. The Hall–Kier alpha value is -7.20. The van der Waals surface area contributed by atoms with Gasteiger partial charge in [0.2, 0.25) is 11.8 Å². The number of carbonyl (C=O) groups excluding carboxylic acids is 3. The number of hydrogen-bond donors (Lipinski definition) is 4. The number of benzene rings is 3. The van der Waals surface area contributed by atoms with E-state index in [2.05, 4.69) is 88.6 Å². The number of aliphatic imine (C=N–C) groups is 2. The van der Waals surface area contributed by atoms with Crippen molar-refractivity contribution in [1.82, 2.24) is 35.9 Å². The van der Waals surface area contributed by atoms with Gasteiger partial charge in [0.05, 0.1) is 30.2 Å². The molecule has 16 heteroatoms. The minimum Gasteiger partial charge on any atom is -0.369 e. The van der Waals surface area contributed by atoms with Crippen LogP contribution in [0.4, 0.5) is 26.2 Å². The molecule has 1 saturated carbocycles. The Morgan fingerprint density at radius 2 is 1.74 bits per heavy atom. The van der Waals surface area contributed by atoms with Crippen molar-refractivity contribution in [2.75, 3.05) is 61.4 Å². The highest BCUT2D eigenvalue weighted by Gasteiger charge is 2.43. The fourth-order valence-electron chi connectivity index (χ4n) is 8.51. The maximum Gasteiger partial charge on any atom is 0.328 e. The first-order valence-corrected chi connectivity index (χ1v) is 20.9. The molecule has 4 N–H and O–H groups in total. The number of amides is 4. The number of hydrazine groups is 1. The number of amidine groups is 1. The number of piperazine rings is 1. The molecule has 4 amide bonds. The number of alkyl halides is 1. The summed E-state index contributed by atoms with van der Waals surface area (Å²) in [5, 5.41) is 12.2. The predicted octanol–water partition coefficient (Wildman–Crippen LogP) is 4.88. The number of halogens is 1. The van der Waals surface area contributed by atoms with Crippen LogP contribution in [0, 0.1) is 0 Å². The van der Waals surface area contributed by atoms with Gasteiger partial charge in [-0.15, -0.1) is 0 Å². The molecule has 2 saturated heterocycles. The molecule has 314 valence electrons. The van der Waals surface area contributed by atoms with Crippen molar-refractivity contribution in [2.45, 2.75) is 37.6 Å². The van der Waals surface area contributed by atoms with E-state index >= 15 is 0 Å². The molecule has 1 aliphatic carbocycles. The Morgan fingerprint density at radius 1 is 0.919 bits per heavy atom. The SMILES string of the molecule is CN=C1C=C(Nc2cccc(-c3ccc(CN4CCN(c5ccc(-c6cccc7c(N8CCC(=O)NC8=O)cncc67)cc5)CC4)cn3)c2)NN2C1=NCC2C(=O)N[C@@H]1C[C@@H]1F. The number of urea groups is 1. The molecule has 0 spiro atoms. The summed E-state index contributed by atoms with van der Waals surface area (Å²) in [6.45, 7) is 5.05. The zero-order chi connectivity index (χ0) is 42.3. The van der Waals surface area contributed by atoms with Gasteiger partial charge in [-0.25, -0.2) is 9.18 Å². The standard InChI is InChI=1S/C46H45FN12O3/c1-48-39-22-42(55-59-41(26-51-44(39)59)45(61)53-38-21-36(38)47)52-31-5-2-4-30(20-31)37-13-8-28(23-50-37)27-56-16-18-57(19-17-56)32-11-9-29(10-12-32)33-6-3-7-34-35(33)24-49-25-40(34)58-15-14-43(60)54-46(58)62/h2-13,20,22-25,36,38,41,52,55H,14-19,21,26-27H2,1H3,(H,53,61)(H,54,60,62)/t36-,38+,41?/m0/s1. The zero-order valence-electron chi connectivity index (χ0n) is 34.1. The van der Waals surface area contributed by atoms with Crippen LogP contribution in [0.1, 0.15) is 18.4 Å². The first-order valence-electron chi connectivity index (χ1n) is 20.9. The average Bonchev–Trinajstić information content (AvgIpc) is 3.81. The minimum atomic E-state index is -0.980. The molecule has 1 unspecified atom stereocenters. The maximum absolute atomic E-state index is 13.5. The van der Waals surface area contributed by atoms with E-state index in [0.717, 1.165) is 77.1 Å². The molecule has 3 aromatic carbocycles. The Morgan fingerprint density at radius 3 is 2.50 bits per heavy atom. The van der Waals surface area contributed by atoms with Crippen molar-refractivity contribution in [3.63, 3.8) is 0 Å². The first kappa shape index (κ1) is 39.0. The molecule has 3 fully saturated rings. The minimum absolute atomic E-state index is 0.253. The van der Waals surface area contributed by atoms with Crippen molar-refractivity contribution in [3.05, 3.63) is 115 Å². The van der Waals surface area contributed by atoms with E-state index < -0.39 is 24.3 Å². The number of carbonyl (C=O) groups is 3. The number of hydrogen-bond acceptors (Lipinski definition) is 12. The molecule has 0 radical (unpaired) electrons. The van der Waals surface area contributed by atoms with Crippen LogP contribution in [0.25, 0.3) is 33.2 Å². The maximum atomic E-state index is 13.5. The molecule has 0 bridgehead atoms. The van der Waals surface area contributed by atoms with Crippen LogP contribution in [0.2, 0.25) is 0 Å². The fraction of sp³-hybridized carbons (Fsp3) is 0.283. The van der Waals surface area contributed by atoms with E-state index in [4.69, 9.17) is 4.98 Å². The molecule has 10 rings (SSSR count). The molecule has 5 aromatic rings. The van der Waals surface area contributed by atoms with Gasteiger partial charge < -0.3 is 15.5 Å². The van der Waals surface area contributed by atoms with Crippen molar-refractivity contribution in [3.8, 4) is 22.4 Å². The number of pyridine rings is 2. The number of aromatic nitrogens is 2. The van der Waals surface area contributed by atoms with Crippen LogP contribution in [0.3, 0.4) is 0 Å². The van der Waals surface area contributed by atoms with Crippen molar-refractivity contribution < 1.29 is 18.8 Å². The van der Waals surface area contributed by atoms with Gasteiger partial charge >= 0.3 is 6.03 Å². The largest absolute Gasteiger partial charge is 0.369 e. The second kappa shape index (κ2) is 16.3. The summed E-state index contributed by atoms with van der Waals surface area (Å²) in [5.41, 5.74) is 11.7. The second-order valence-corrected chi connectivity index (χ2v) is 16.1. The van der Waals surface area contributed by atoms with Gasteiger partial charge in [0.1, 0.15) is 23.7 Å². The van der Waals surface area contributed by atoms with Crippen molar-refractivity contribution in [1.29, 1.82) is 0 Å². The summed E-state index contributed by atoms with van der Waals surface area (Å²) in [5.74, 6) is 0.690. The van der Waals surface area contributed by atoms with E-state index in [9.17, 15) is 18.8 Å². The number of rotatable bonds is 10. The smallest absolute Gasteiger partial charge is 0.328 e. The molecular formula is C46H45FN12O3. The third-order valence-electron chi connectivity index (χ3n) is 12.0. The third-order valence-corrected chi connectivity index (χ3v) is 12.0. The topological polar surface area (TPSA) is 163 Å². The first-order chi connectivity index (χ1) is 30.3. The lowest BCUT2D eigenvalue weighted by molar-refractivity contribution is -0.125. The summed E-state index contributed by atoms with van der Waals surface area (Å²) < 4.78 is 13.5. The van der Waals surface area contributed by atoms with Gasteiger partial charge in [0.25, 0.3) is 0 Å². The quantitative estimate of drug-likeness (QED) is 0.153. The highest BCUT2D eigenvalue weighted by atomic mass is 19.1. The number of fused-ring (bicyclic) bond motifs is 2. The van der Waals surface area contributed by atoms with Crippen LogP contribution in [-0.4, -0.2) is 114 Å². The second-order valence-electron chi connectivity index (χ2n) is 16.1. The Balaban J connectivity index is 0.742. The summed E-state index contributed by atoms with van der Waals surface area (Å²) in [6, 6.07) is 25.4. The van der Waals surface area contributed by atoms with Crippen LogP contribution >= 0.6 is 0 Å². The van der Waals surface area contributed by atoms with E-state index in [0.29, 0.717) is 36.0 Å². The van der Waals surface area contributed by atoms with E-state index in [1.54, 1.807) is 23.2 Å². The van der Waals surface area contributed by atoms with Crippen molar-refractivity contribution in [2.24, 2.45) is 9.98 Å². The van der Waals surface area contributed by atoms with E-state index in [1.807, 2.05) is 54.9 Å². The number of anilines is 3. The Labute approximate surface area is 357 Å². The molecule has 2 aromatic heterocycles. The number of nitrogens with zero attached hydrogens (tertiary/aromatic N) is 8. The molecule has 3 atom stereocenters. The summed E-state index contributed by atoms with van der Waals surface area (Å²) in [7, 11) is 1.69. The van der Waals surface area contributed by atoms with Gasteiger partial charge in [-0.1, -0.05) is 48.5 Å². The lowest BCUT2D eigenvalue weighted by Gasteiger charge is -2.36. The normalized spacial score (nSPS) is 21.9. The number of nitrogens with one attached hydrogen (secondary N) is 4. The summed E-state index contributed by atoms with van der Waals surface area (Å²) in [6.07, 6.45) is 6.95. The molecule has 4 aliphatic heterocycles. The highest BCUT2D eigenvalue weighted by Crippen LogP contribution is 2.35. The fourth-order valence-corrected chi connectivity index (χ4v) is 8.51. The van der Waals surface area contributed by atoms with E-state index in [1.165, 1.54) is 5.69 Å². The molecule has 6 heterocycles. The van der Waals surface area contributed by atoms with Crippen LogP contribution in [0.15, 0.2) is 119 Å².